The summed E-state index contributed by atoms with van der Waals surface area (Å²) in [6, 6.07) is 4.23. The number of carbonyl (C=O) groups excluding carboxylic acids is 1. The van der Waals surface area contributed by atoms with E-state index in [1.54, 1.807) is 5.38 Å². The lowest BCUT2D eigenvalue weighted by Gasteiger charge is -2.11. The monoisotopic (exact) mass is 276 g/mol. The van der Waals surface area contributed by atoms with Gasteiger partial charge in [0.1, 0.15) is 0 Å². The summed E-state index contributed by atoms with van der Waals surface area (Å²) in [5.41, 5.74) is 4.92. The molecule has 0 saturated heterocycles. The molecule has 19 heavy (non-hydrogen) atoms. The topological polar surface area (TPSA) is 51.2 Å². The summed E-state index contributed by atoms with van der Waals surface area (Å²) in [6.45, 7) is 6.18. The van der Waals surface area contributed by atoms with Crippen LogP contribution in [0.2, 0.25) is 0 Å². The van der Waals surface area contributed by atoms with E-state index in [2.05, 4.69) is 47.9 Å². The molecule has 0 bridgehead atoms. The van der Waals surface area contributed by atoms with E-state index in [0.29, 0.717) is 10.8 Å². The van der Waals surface area contributed by atoms with Crippen molar-refractivity contribution >= 4 is 28.1 Å². The van der Waals surface area contributed by atoms with Gasteiger partial charge in [-0.3, -0.25) is 0 Å². The van der Waals surface area contributed by atoms with Crippen molar-refractivity contribution in [3.05, 3.63) is 39.9 Å². The minimum Gasteiger partial charge on any atom is -0.464 e. The highest BCUT2D eigenvalue weighted by molar-refractivity contribution is 7.14. The molecule has 2 aromatic rings. The molecule has 0 fully saturated rings. The van der Waals surface area contributed by atoms with Crippen LogP contribution in [0.4, 0.5) is 10.8 Å². The van der Waals surface area contributed by atoms with E-state index in [0.717, 1.165) is 16.8 Å². The van der Waals surface area contributed by atoms with E-state index < -0.39 is 5.97 Å². The third kappa shape index (κ3) is 2.93. The van der Waals surface area contributed by atoms with Crippen molar-refractivity contribution in [2.75, 3.05) is 12.4 Å². The second-order valence-corrected chi connectivity index (χ2v) is 5.29. The lowest BCUT2D eigenvalue weighted by atomic mass is 10.1. The van der Waals surface area contributed by atoms with Crippen LogP contribution in [0.15, 0.2) is 17.5 Å². The van der Waals surface area contributed by atoms with Crippen LogP contribution < -0.4 is 5.32 Å². The van der Waals surface area contributed by atoms with Gasteiger partial charge in [-0.25, -0.2) is 9.78 Å². The Hall–Kier alpha value is -1.88. The van der Waals surface area contributed by atoms with E-state index in [-0.39, 0.29) is 0 Å². The van der Waals surface area contributed by atoms with Gasteiger partial charge in [0.05, 0.1) is 7.11 Å². The van der Waals surface area contributed by atoms with Crippen LogP contribution in [0.1, 0.15) is 27.2 Å². The maximum Gasteiger partial charge on any atom is 0.357 e. The zero-order valence-electron chi connectivity index (χ0n) is 11.4. The molecule has 1 aromatic heterocycles. The Labute approximate surface area is 116 Å². The predicted octanol–water partition coefficient (Wildman–Crippen LogP) is 3.60. The molecule has 0 amide bonds. The number of rotatable bonds is 3. The lowest BCUT2D eigenvalue weighted by molar-refractivity contribution is 0.0595. The summed E-state index contributed by atoms with van der Waals surface area (Å²) in [5, 5.41) is 5.64. The highest BCUT2D eigenvalue weighted by atomic mass is 32.1. The quantitative estimate of drug-likeness (QED) is 0.870. The normalized spacial score (nSPS) is 10.3. The summed E-state index contributed by atoms with van der Waals surface area (Å²) >= 11 is 1.39. The average Bonchev–Trinajstić information content (AvgIpc) is 2.81. The third-order valence-corrected chi connectivity index (χ3v) is 3.57. The largest absolute Gasteiger partial charge is 0.464 e. The molecule has 4 nitrogen and oxygen atoms in total. The maximum absolute atomic E-state index is 11.4. The van der Waals surface area contributed by atoms with Crippen molar-refractivity contribution in [3.63, 3.8) is 0 Å². The van der Waals surface area contributed by atoms with Gasteiger partial charge in [-0.2, -0.15) is 0 Å². The summed E-state index contributed by atoms with van der Waals surface area (Å²) in [6.07, 6.45) is 0. The molecule has 100 valence electrons. The van der Waals surface area contributed by atoms with Crippen LogP contribution in [0, 0.1) is 20.8 Å². The first-order valence-corrected chi connectivity index (χ1v) is 6.78. The summed E-state index contributed by atoms with van der Waals surface area (Å²) < 4.78 is 4.64. The Bertz CT molecular complexity index is 597. The van der Waals surface area contributed by atoms with Gasteiger partial charge in [0, 0.05) is 11.1 Å². The average molecular weight is 276 g/mol. The minimum atomic E-state index is -0.415. The molecule has 0 radical (unpaired) electrons. The van der Waals surface area contributed by atoms with Crippen molar-refractivity contribution < 1.29 is 9.53 Å². The van der Waals surface area contributed by atoms with Gasteiger partial charge in [0.2, 0.25) is 0 Å². The van der Waals surface area contributed by atoms with Gasteiger partial charge in [-0.05, 0) is 31.9 Å². The van der Waals surface area contributed by atoms with Crippen LogP contribution in [0.3, 0.4) is 0 Å². The van der Waals surface area contributed by atoms with Gasteiger partial charge in [-0.15, -0.1) is 11.3 Å². The van der Waals surface area contributed by atoms with Crippen LogP contribution in [0.5, 0.6) is 0 Å². The zero-order valence-corrected chi connectivity index (χ0v) is 12.2. The molecule has 0 unspecified atom stereocenters. The van der Waals surface area contributed by atoms with Gasteiger partial charge in [0.15, 0.2) is 10.8 Å². The number of aryl methyl sites for hydroxylation is 3. The van der Waals surface area contributed by atoms with E-state index in [9.17, 15) is 4.79 Å². The Morgan fingerprint density at radius 2 is 1.89 bits per heavy atom. The van der Waals surface area contributed by atoms with Crippen LogP contribution in [-0.2, 0) is 4.74 Å². The highest BCUT2D eigenvalue weighted by Crippen LogP contribution is 2.27. The van der Waals surface area contributed by atoms with E-state index in [1.165, 1.54) is 24.0 Å². The van der Waals surface area contributed by atoms with Crippen LogP contribution in [0.25, 0.3) is 0 Å². The third-order valence-electron chi connectivity index (χ3n) is 2.81. The van der Waals surface area contributed by atoms with Crippen molar-refractivity contribution in [2.24, 2.45) is 0 Å². The fourth-order valence-electron chi connectivity index (χ4n) is 2.01. The molecule has 0 aliphatic heterocycles. The number of aromatic nitrogens is 1. The Morgan fingerprint density at radius 3 is 2.47 bits per heavy atom. The number of nitrogens with zero attached hydrogens (tertiary/aromatic N) is 1. The summed E-state index contributed by atoms with van der Waals surface area (Å²) in [5.74, 6) is -0.415. The Balaban J connectivity index is 2.27. The molecular weight excluding hydrogens is 260 g/mol. The van der Waals surface area contributed by atoms with Crippen molar-refractivity contribution in [3.8, 4) is 0 Å². The molecule has 0 aliphatic rings. The smallest absolute Gasteiger partial charge is 0.357 e. The molecule has 1 N–H and O–H groups in total. The molecule has 0 saturated carbocycles. The summed E-state index contributed by atoms with van der Waals surface area (Å²) in [4.78, 5) is 15.6. The molecule has 2 rings (SSSR count). The SMILES string of the molecule is COC(=O)c1csc(Nc2c(C)cc(C)cc2C)n1. The fraction of sp³-hybridized carbons (Fsp3) is 0.286. The number of thiazole rings is 1. The molecule has 0 spiro atoms. The Morgan fingerprint density at radius 1 is 1.26 bits per heavy atom. The molecule has 1 heterocycles. The maximum atomic E-state index is 11.4. The number of ether oxygens (including phenoxy) is 1. The number of hydrogen-bond donors (Lipinski definition) is 1. The van der Waals surface area contributed by atoms with Gasteiger partial charge >= 0.3 is 5.97 Å². The predicted molar refractivity (Wildman–Crippen MR) is 77.4 cm³/mol. The molecule has 5 heteroatoms. The summed E-state index contributed by atoms with van der Waals surface area (Å²) in [7, 11) is 1.35. The fourth-order valence-corrected chi connectivity index (χ4v) is 2.70. The number of benzene rings is 1. The standard InChI is InChI=1S/C14H16N2O2S/c1-8-5-9(2)12(10(3)6-8)16-14-15-11(7-19-14)13(17)18-4/h5-7H,1-4H3,(H,15,16). The molecule has 1 aromatic carbocycles. The zero-order chi connectivity index (χ0) is 14.0. The lowest BCUT2D eigenvalue weighted by Crippen LogP contribution is -2.02. The molecule has 0 aliphatic carbocycles. The van der Waals surface area contributed by atoms with Crippen LogP contribution >= 0.6 is 11.3 Å². The van der Waals surface area contributed by atoms with Crippen LogP contribution in [-0.4, -0.2) is 18.1 Å². The van der Waals surface area contributed by atoms with Gasteiger partial charge in [-0.1, -0.05) is 17.7 Å². The van der Waals surface area contributed by atoms with Crippen molar-refractivity contribution in [1.29, 1.82) is 0 Å². The first-order valence-electron chi connectivity index (χ1n) is 5.90. The Kier molecular flexibility index (Phi) is 3.85. The molecule has 0 atom stereocenters. The first-order chi connectivity index (χ1) is 9.01. The minimum absolute atomic E-state index is 0.331. The number of methoxy groups -OCH3 is 1. The second-order valence-electron chi connectivity index (χ2n) is 4.43. The van der Waals surface area contributed by atoms with E-state index >= 15 is 0 Å². The van der Waals surface area contributed by atoms with Gasteiger partial charge < -0.3 is 10.1 Å². The first kappa shape index (κ1) is 13.5. The van der Waals surface area contributed by atoms with Crippen molar-refractivity contribution in [1.82, 2.24) is 4.98 Å². The van der Waals surface area contributed by atoms with E-state index in [4.69, 9.17) is 0 Å². The number of anilines is 2. The molecular formula is C14H16N2O2S. The van der Waals surface area contributed by atoms with Gasteiger partial charge in [0.25, 0.3) is 0 Å². The number of esters is 1. The van der Waals surface area contributed by atoms with E-state index in [1.807, 2.05) is 0 Å². The second kappa shape index (κ2) is 5.40. The van der Waals surface area contributed by atoms with Crippen molar-refractivity contribution in [2.45, 2.75) is 20.8 Å². The number of carbonyl (C=O) groups is 1. The highest BCUT2D eigenvalue weighted by Gasteiger charge is 2.12. The number of nitrogens with one attached hydrogen (secondary N) is 1. The number of hydrogen-bond acceptors (Lipinski definition) is 5.